The van der Waals surface area contributed by atoms with E-state index in [4.69, 9.17) is 0 Å². The number of nitrogens with zero attached hydrogens (tertiary/aromatic N) is 1. The van der Waals surface area contributed by atoms with E-state index in [-0.39, 0.29) is 30.2 Å². The average Bonchev–Trinajstić information content (AvgIpc) is 3.00. The number of amides is 2. The lowest BCUT2D eigenvalue weighted by atomic mass is 10.1. The van der Waals surface area contributed by atoms with Gasteiger partial charge in [-0.25, -0.2) is 0 Å². The molecule has 0 spiro atoms. The van der Waals surface area contributed by atoms with Crippen molar-refractivity contribution in [2.75, 3.05) is 11.9 Å². The smallest absolute Gasteiger partial charge is 0.229 e. The summed E-state index contributed by atoms with van der Waals surface area (Å²) in [5.41, 5.74) is 0.789. The Balaban J connectivity index is 1.71. The van der Waals surface area contributed by atoms with Crippen molar-refractivity contribution in [3.05, 3.63) is 54.6 Å². The van der Waals surface area contributed by atoms with Crippen LogP contribution in [-0.2, 0) is 9.59 Å². The molecular formula is C20H22N2O2S. The van der Waals surface area contributed by atoms with Crippen molar-refractivity contribution in [3.63, 3.8) is 0 Å². The van der Waals surface area contributed by atoms with Crippen LogP contribution in [0.3, 0.4) is 0 Å². The first kappa shape index (κ1) is 17.5. The van der Waals surface area contributed by atoms with Crippen LogP contribution < -0.4 is 5.32 Å². The van der Waals surface area contributed by atoms with Gasteiger partial charge in [-0.05, 0) is 38.1 Å². The molecule has 130 valence electrons. The highest BCUT2D eigenvalue weighted by Gasteiger charge is 2.35. The Kier molecular flexibility index (Phi) is 5.43. The lowest BCUT2D eigenvalue weighted by Gasteiger charge is -2.20. The number of anilines is 1. The molecule has 0 bridgehead atoms. The minimum atomic E-state index is -0.287. The number of para-hydroxylation sites is 1. The van der Waals surface area contributed by atoms with Crippen LogP contribution in [0, 0.1) is 5.92 Å². The number of benzene rings is 2. The molecule has 1 N–H and O–H groups in total. The molecule has 1 atom stereocenters. The van der Waals surface area contributed by atoms with Crippen molar-refractivity contribution in [2.45, 2.75) is 36.1 Å². The van der Waals surface area contributed by atoms with E-state index in [2.05, 4.69) is 5.32 Å². The zero-order valence-corrected chi connectivity index (χ0v) is 15.3. The molecule has 5 heteroatoms. The summed E-state index contributed by atoms with van der Waals surface area (Å²) < 4.78 is 0. The summed E-state index contributed by atoms with van der Waals surface area (Å²) in [6.07, 6.45) is 0.290. The third kappa shape index (κ3) is 4.23. The van der Waals surface area contributed by atoms with Crippen LogP contribution >= 0.6 is 11.8 Å². The molecule has 1 heterocycles. The molecule has 1 aliphatic rings. The van der Waals surface area contributed by atoms with E-state index in [9.17, 15) is 9.59 Å². The van der Waals surface area contributed by atoms with Crippen molar-refractivity contribution in [1.29, 1.82) is 0 Å². The van der Waals surface area contributed by atoms with E-state index in [1.807, 2.05) is 68.4 Å². The minimum absolute atomic E-state index is 0.0575. The molecule has 25 heavy (non-hydrogen) atoms. The van der Waals surface area contributed by atoms with Crippen LogP contribution in [0.1, 0.15) is 20.3 Å². The highest BCUT2D eigenvalue weighted by atomic mass is 32.2. The molecule has 1 saturated heterocycles. The van der Waals surface area contributed by atoms with Crippen LogP contribution in [0.5, 0.6) is 0 Å². The zero-order valence-electron chi connectivity index (χ0n) is 14.4. The first-order valence-corrected chi connectivity index (χ1v) is 9.28. The van der Waals surface area contributed by atoms with Gasteiger partial charge in [0.05, 0.1) is 11.6 Å². The Morgan fingerprint density at radius 2 is 1.80 bits per heavy atom. The van der Waals surface area contributed by atoms with E-state index in [0.29, 0.717) is 6.54 Å². The van der Waals surface area contributed by atoms with Gasteiger partial charge >= 0.3 is 0 Å². The van der Waals surface area contributed by atoms with E-state index >= 15 is 0 Å². The molecule has 0 aromatic heterocycles. The fraction of sp³-hybridized carbons (Fsp3) is 0.300. The number of carbonyl (C=O) groups is 2. The molecule has 0 unspecified atom stereocenters. The van der Waals surface area contributed by atoms with E-state index in [1.54, 1.807) is 16.7 Å². The number of likely N-dealkylation sites (tertiary alicyclic amines) is 1. The number of hydrogen-bond acceptors (Lipinski definition) is 3. The average molecular weight is 354 g/mol. The summed E-state index contributed by atoms with van der Waals surface area (Å²) in [5.74, 6) is -0.315. The second-order valence-corrected chi connectivity index (χ2v) is 7.56. The molecule has 2 aromatic rings. The quantitative estimate of drug-likeness (QED) is 0.882. The Labute approximate surface area is 152 Å². The van der Waals surface area contributed by atoms with Crippen LogP contribution in [0.25, 0.3) is 0 Å². The van der Waals surface area contributed by atoms with Crippen LogP contribution in [-0.4, -0.2) is 29.3 Å². The third-order valence-corrected chi connectivity index (χ3v) is 5.35. The number of nitrogens with one attached hydrogen (secondary N) is 1. The molecule has 0 aliphatic carbocycles. The Morgan fingerprint density at radius 3 is 2.48 bits per heavy atom. The Bertz CT molecular complexity index is 761. The largest absolute Gasteiger partial charge is 0.339 e. The van der Waals surface area contributed by atoms with Gasteiger partial charge in [-0.3, -0.25) is 9.59 Å². The van der Waals surface area contributed by atoms with Crippen LogP contribution in [0.2, 0.25) is 0 Å². The maximum atomic E-state index is 12.6. The van der Waals surface area contributed by atoms with Gasteiger partial charge < -0.3 is 10.2 Å². The van der Waals surface area contributed by atoms with Gasteiger partial charge in [-0.15, -0.1) is 0 Å². The van der Waals surface area contributed by atoms with Crippen molar-refractivity contribution < 1.29 is 9.59 Å². The molecular weight excluding hydrogens is 332 g/mol. The molecule has 1 aliphatic heterocycles. The maximum Gasteiger partial charge on any atom is 0.229 e. The molecule has 0 saturated carbocycles. The van der Waals surface area contributed by atoms with Gasteiger partial charge in [0, 0.05) is 28.8 Å². The summed E-state index contributed by atoms with van der Waals surface area (Å²) in [4.78, 5) is 28.5. The normalized spacial score (nSPS) is 17.2. The molecule has 2 amide bonds. The van der Waals surface area contributed by atoms with Gasteiger partial charge in [0.2, 0.25) is 11.8 Å². The Morgan fingerprint density at radius 1 is 1.12 bits per heavy atom. The standard InChI is InChI=1S/C20H22N2O2S/c1-14(2)22-13-15(12-19(22)23)20(24)21-17-10-6-7-11-18(17)25-16-8-4-3-5-9-16/h3-11,14-15H,12-13H2,1-2H3,(H,21,24)/t15-/m1/s1. The van der Waals surface area contributed by atoms with Crippen LogP contribution in [0.15, 0.2) is 64.4 Å². The summed E-state index contributed by atoms with van der Waals surface area (Å²) in [6.45, 7) is 4.45. The molecule has 4 nitrogen and oxygen atoms in total. The lowest BCUT2D eigenvalue weighted by Crippen LogP contribution is -2.33. The SMILES string of the molecule is CC(C)N1C[C@H](C(=O)Nc2ccccc2Sc2ccccc2)CC1=O. The summed E-state index contributed by atoms with van der Waals surface area (Å²) in [6, 6.07) is 17.9. The highest BCUT2D eigenvalue weighted by molar-refractivity contribution is 7.99. The van der Waals surface area contributed by atoms with Gasteiger partial charge in [0.25, 0.3) is 0 Å². The monoisotopic (exact) mass is 354 g/mol. The number of hydrogen-bond donors (Lipinski definition) is 1. The van der Waals surface area contributed by atoms with E-state index < -0.39 is 0 Å². The van der Waals surface area contributed by atoms with Crippen molar-refractivity contribution in [1.82, 2.24) is 4.90 Å². The first-order valence-electron chi connectivity index (χ1n) is 8.47. The van der Waals surface area contributed by atoms with Crippen molar-refractivity contribution in [3.8, 4) is 0 Å². The molecule has 0 radical (unpaired) electrons. The summed E-state index contributed by atoms with van der Waals surface area (Å²) >= 11 is 1.61. The first-order chi connectivity index (χ1) is 12.0. The van der Waals surface area contributed by atoms with Gasteiger partial charge in [-0.2, -0.15) is 0 Å². The fourth-order valence-corrected chi connectivity index (χ4v) is 3.84. The topological polar surface area (TPSA) is 49.4 Å². The minimum Gasteiger partial charge on any atom is -0.339 e. The lowest BCUT2D eigenvalue weighted by molar-refractivity contribution is -0.129. The second kappa shape index (κ2) is 7.74. The third-order valence-electron chi connectivity index (χ3n) is 4.27. The number of rotatable bonds is 5. The maximum absolute atomic E-state index is 12.6. The summed E-state index contributed by atoms with van der Waals surface area (Å²) in [7, 11) is 0. The Hall–Kier alpha value is -2.27. The number of carbonyl (C=O) groups excluding carboxylic acids is 2. The second-order valence-electron chi connectivity index (χ2n) is 6.44. The predicted molar refractivity (Wildman–Crippen MR) is 101 cm³/mol. The molecule has 3 rings (SSSR count). The predicted octanol–water partition coefficient (Wildman–Crippen LogP) is 4.03. The summed E-state index contributed by atoms with van der Waals surface area (Å²) in [5, 5.41) is 3.01. The van der Waals surface area contributed by atoms with Gasteiger partial charge in [-0.1, -0.05) is 42.1 Å². The van der Waals surface area contributed by atoms with E-state index in [0.717, 1.165) is 15.5 Å². The fourth-order valence-electron chi connectivity index (χ4n) is 2.92. The zero-order chi connectivity index (χ0) is 17.8. The van der Waals surface area contributed by atoms with Crippen molar-refractivity contribution >= 4 is 29.3 Å². The highest BCUT2D eigenvalue weighted by Crippen LogP contribution is 2.33. The molecule has 1 fully saturated rings. The van der Waals surface area contributed by atoms with Crippen LogP contribution in [0.4, 0.5) is 5.69 Å². The molecule has 2 aromatic carbocycles. The van der Waals surface area contributed by atoms with E-state index in [1.165, 1.54) is 0 Å². The van der Waals surface area contributed by atoms with Gasteiger partial charge in [0.1, 0.15) is 0 Å². The van der Waals surface area contributed by atoms with Gasteiger partial charge in [0.15, 0.2) is 0 Å². The van der Waals surface area contributed by atoms with Crippen molar-refractivity contribution in [2.24, 2.45) is 5.92 Å².